The Morgan fingerprint density at radius 3 is 2.72 bits per heavy atom. The zero-order valence-corrected chi connectivity index (χ0v) is 22.4. The summed E-state index contributed by atoms with van der Waals surface area (Å²) in [5.74, 6) is 0.506. The fourth-order valence-corrected chi connectivity index (χ4v) is 3.67. The number of amides is 1. The molecule has 0 bridgehead atoms. The summed E-state index contributed by atoms with van der Waals surface area (Å²) in [6, 6.07) is 7.71. The molecule has 7 nitrogen and oxygen atoms in total. The van der Waals surface area contributed by atoms with Gasteiger partial charge in [0.25, 0.3) is 0 Å². The summed E-state index contributed by atoms with van der Waals surface area (Å²) in [4.78, 5) is 21.6. The predicted molar refractivity (Wildman–Crippen MR) is 147 cm³/mol. The van der Waals surface area contributed by atoms with E-state index in [1.54, 1.807) is 14.0 Å². The molecule has 36 heavy (non-hydrogen) atoms. The van der Waals surface area contributed by atoms with E-state index >= 15 is 0 Å². The third-order valence-corrected chi connectivity index (χ3v) is 5.90. The van der Waals surface area contributed by atoms with Gasteiger partial charge in [0.2, 0.25) is 11.8 Å². The van der Waals surface area contributed by atoms with Gasteiger partial charge in [-0.3, -0.25) is 9.79 Å². The predicted octanol–water partition coefficient (Wildman–Crippen LogP) is 4.56. The number of carbonyl (C=O) groups excluding carboxylic acids is 1. The molecule has 2 N–H and O–H groups in total. The number of nitrogens with zero attached hydrogens (tertiary/aromatic N) is 2. The first-order chi connectivity index (χ1) is 17.3. The van der Waals surface area contributed by atoms with Gasteiger partial charge in [-0.15, -0.1) is 0 Å². The zero-order chi connectivity index (χ0) is 26.3. The van der Waals surface area contributed by atoms with Crippen molar-refractivity contribution in [3.05, 3.63) is 70.3 Å². The van der Waals surface area contributed by atoms with Gasteiger partial charge in [-0.1, -0.05) is 55.0 Å². The molecule has 2 unspecified atom stereocenters. The molecule has 0 aliphatic heterocycles. The Balaban J connectivity index is 2.16. The van der Waals surface area contributed by atoms with E-state index in [1.807, 2.05) is 31.2 Å². The van der Waals surface area contributed by atoms with Crippen molar-refractivity contribution in [2.45, 2.75) is 33.6 Å². The highest BCUT2D eigenvalue weighted by Gasteiger charge is 2.20. The maximum absolute atomic E-state index is 12.7. The van der Waals surface area contributed by atoms with E-state index in [0.29, 0.717) is 48.9 Å². The molecule has 0 aromatic heterocycles. The highest BCUT2D eigenvalue weighted by molar-refractivity contribution is 6.30. The molecule has 1 aliphatic carbocycles. The van der Waals surface area contributed by atoms with Crippen LogP contribution in [0.5, 0.6) is 0 Å². The van der Waals surface area contributed by atoms with Crippen LogP contribution in [-0.4, -0.2) is 62.8 Å². The highest BCUT2D eigenvalue weighted by Crippen LogP contribution is 2.19. The molecular formula is C28H38ClN3O4. The van der Waals surface area contributed by atoms with Crippen LogP contribution in [0.1, 0.15) is 32.8 Å². The molecule has 8 heteroatoms. The first-order valence-corrected chi connectivity index (χ1v) is 12.6. The number of aliphatic hydroxyl groups excluding tert-OH is 1. The van der Waals surface area contributed by atoms with Gasteiger partial charge in [0, 0.05) is 24.2 Å². The number of allylic oxidation sites excluding steroid dienone is 4. The average molecular weight is 516 g/mol. The molecule has 0 heterocycles. The van der Waals surface area contributed by atoms with Crippen LogP contribution >= 0.6 is 11.6 Å². The van der Waals surface area contributed by atoms with Gasteiger partial charge in [0.1, 0.15) is 12.4 Å². The summed E-state index contributed by atoms with van der Waals surface area (Å²) >= 11 is 6.01. The van der Waals surface area contributed by atoms with Crippen molar-refractivity contribution in [1.29, 1.82) is 0 Å². The Labute approximate surface area is 219 Å². The minimum absolute atomic E-state index is 0.0501. The number of amidine groups is 1. The number of nitrogens with one attached hydrogen (secondary N) is 1. The molecule has 1 aliphatic rings. The standard InChI is InChI=1S/C28H38ClN3O4/c1-20-6-5-7-24(18-20)19-36-28(21(2)8-9-23-10-12-25(29)13-11-23)32-26(30-4)22(3)27(34)31-14-16-35-17-15-33/h5-8,10-13,20,22,33H,9,14-19H2,1-4H3,(H,31,34). The van der Waals surface area contributed by atoms with E-state index < -0.39 is 5.92 Å². The van der Waals surface area contributed by atoms with Gasteiger partial charge in [-0.25, -0.2) is 0 Å². The summed E-state index contributed by atoms with van der Waals surface area (Å²) < 4.78 is 11.4. The quantitative estimate of drug-likeness (QED) is 0.242. The SMILES string of the molecule is CN=C(N=C(OCC1=CC=CC(C)C1)C(C)=CCc1ccc(Cl)cc1)C(C)C(=O)NCCOCCO. The van der Waals surface area contributed by atoms with Crippen LogP contribution in [0.3, 0.4) is 0 Å². The largest absolute Gasteiger partial charge is 0.473 e. The molecule has 0 radical (unpaired) electrons. The fraction of sp³-hybridized carbons (Fsp3) is 0.464. The topological polar surface area (TPSA) is 92.5 Å². The minimum Gasteiger partial charge on any atom is -0.473 e. The Bertz CT molecular complexity index is 997. The number of hydrogen-bond donors (Lipinski definition) is 2. The van der Waals surface area contributed by atoms with Crippen LogP contribution < -0.4 is 5.32 Å². The second-order valence-electron chi connectivity index (χ2n) is 8.75. The Kier molecular flexibility index (Phi) is 13.2. The normalized spacial score (nSPS) is 17.6. The summed E-state index contributed by atoms with van der Waals surface area (Å²) in [5, 5.41) is 12.3. The van der Waals surface area contributed by atoms with Crippen LogP contribution in [-0.2, 0) is 20.7 Å². The number of ether oxygens (including phenoxy) is 2. The lowest BCUT2D eigenvalue weighted by molar-refractivity contribution is -0.122. The monoisotopic (exact) mass is 515 g/mol. The molecule has 1 amide bonds. The molecular weight excluding hydrogens is 478 g/mol. The van der Waals surface area contributed by atoms with E-state index in [2.05, 4.69) is 46.5 Å². The lowest BCUT2D eigenvalue weighted by atomic mass is 9.97. The smallest absolute Gasteiger partial charge is 0.230 e. The van der Waals surface area contributed by atoms with E-state index in [4.69, 9.17) is 26.2 Å². The third-order valence-electron chi connectivity index (χ3n) is 5.65. The molecule has 0 saturated heterocycles. The van der Waals surface area contributed by atoms with E-state index in [1.165, 1.54) is 5.57 Å². The Hall–Kier alpha value is -2.74. The third kappa shape index (κ3) is 10.5. The minimum atomic E-state index is -0.577. The molecule has 0 spiro atoms. The van der Waals surface area contributed by atoms with E-state index in [9.17, 15) is 4.79 Å². The van der Waals surface area contributed by atoms with Crippen molar-refractivity contribution in [2.24, 2.45) is 21.8 Å². The van der Waals surface area contributed by atoms with Gasteiger partial charge in [-0.2, -0.15) is 4.99 Å². The van der Waals surface area contributed by atoms with Crippen molar-refractivity contribution >= 4 is 29.2 Å². The van der Waals surface area contributed by atoms with Crippen LogP contribution in [0.4, 0.5) is 0 Å². The summed E-state index contributed by atoms with van der Waals surface area (Å²) in [6.07, 6.45) is 9.99. The van der Waals surface area contributed by atoms with Gasteiger partial charge < -0.3 is 19.9 Å². The van der Waals surface area contributed by atoms with Crippen molar-refractivity contribution in [2.75, 3.05) is 40.0 Å². The van der Waals surface area contributed by atoms with Gasteiger partial charge in [0.15, 0.2) is 0 Å². The molecule has 1 aromatic carbocycles. The van der Waals surface area contributed by atoms with Crippen LogP contribution in [0.2, 0.25) is 5.02 Å². The Morgan fingerprint density at radius 2 is 2.06 bits per heavy atom. The van der Waals surface area contributed by atoms with Crippen LogP contribution in [0.15, 0.2) is 69.7 Å². The van der Waals surface area contributed by atoms with Crippen LogP contribution in [0, 0.1) is 11.8 Å². The van der Waals surface area contributed by atoms with Crippen molar-refractivity contribution in [3.8, 4) is 0 Å². The van der Waals surface area contributed by atoms with Crippen molar-refractivity contribution in [3.63, 3.8) is 0 Å². The number of aliphatic hydroxyl groups is 1. The Morgan fingerprint density at radius 1 is 1.31 bits per heavy atom. The first-order valence-electron chi connectivity index (χ1n) is 12.3. The zero-order valence-electron chi connectivity index (χ0n) is 21.7. The van der Waals surface area contributed by atoms with Gasteiger partial charge in [0.05, 0.1) is 25.7 Å². The second kappa shape index (κ2) is 16.1. The van der Waals surface area contributed by atoms with E-state index in [-0.39, 0.29) is 19.1 Å². The fourth-order valence-electron chi connectivity index (χ4n) is 3.54. The molecule has 0 saturated carbocycles. The highest BCUT2D eigenvalue weighted by atomic mass is 35.5. The molecule has 2 atom stereocenters. The number of carbonyl (C=O) groups is 1. The first kappa shape index (κ1) is 29.5. The molecule has 196 valence electrons. The summed E-state index contributed by atoms with van der Waals surface area (Å²) in [6.45, 7) is 7.15. The maximum atomic E-state index is 12.7. The van der Waals surface area contributed by atoms with Crippen molar-refractivity contribution in [1.82, 2.24) is 5.32 Å². The average Bonchev–Trinajstić information content (AvgIpc) is 2.87. The lowest BCUT2D eigenvalue weighted by Crippen LogP contribution is -2.35. The maximum Gasteiger partial charge on any atom is 0.230 e. The molecule has 2 rings (SSSR count). The molecule has 1 aromatic rings. The second-order valence-corrected chi connectivity index (χ2v) is 9.18. The number of rotatable bonds is 12. The summed E-state index contributed by atoms with van der Waals surface area (Å²) in [7, 11) is 1.62. The van der Waals surface area contributed by atoms with Crippen molar-refractivity contribution < 1.29 is 19.4 Å². The molecule has 0 fully saturated rings. The lowest BCUT2D eigenvalue weighted by Gasteiger charge is -2.18. The summed E-state index contributed by atoms with van der Waals surface area (Å²) in [5.41, 5.74) is 3.16. The number of hydrogen-bond acceptors (Lipinski definition) is 5. The van der Waals surface area contributed by atoms with E-state index in [0.717, 1.165) is 17.6 Å². The number of benzene rings is 1. The number of aliphatic imine (C=N–C) groups is 2. The number of halogens is 1. The van der Waals surface area contributed by atoms with Crippen LogP contribution in [0.25, 0.3) is 0 Å². The van der Waals surface area contributed by atoms with Gasteiger partial charge >= 0.3 is 0 Å². The van der Waals surface area contributed by atoms with Gasteiger partial charge in [-0.05, 0) is 55.9 Å².